The van der Waals surface area contributed by atoms with Gasteiger partial charge in [-0.1, -0.05) is 241 Å². The number of carbonyl (C=O) groups excluding carboxylic acids is 2. The van der Waals surface area contributed by atoms with Crippen molar-refractivity contribution in [1.82, 2.24) is 0 Å². The Balaban J connectivity index is 0.000000213. The van der Waals surface area contributed by atoms with Gasteiger partial charge in [-0.05, 0) is 153 Å². The Kier molecular flexibility index (Phi) is 25.7. The maximum Gasteiger partial charge on any atom is 1.00 e. The quantitative estimate of drug-likeness (QED) is 0.0548. The molecular formula is C81H68Br5LiO6S4. The molecule has 97 heavy (non-hydrogen) atoms. The number of aliphatic hydroxyl groups is 2. The fraction of sp³-hybridized carbons (Fsp3) is 0.148. The summed E-state index contributed by atoms with van der Waals surface area (Å²) < 4.78 is 18.9. The van der Waals surface area contributed by atoms with E-state index in [4.69, 9.17) is 9.47 Å². The van der Waals surface area contributed by atoms with Crippen LogP contribution in [-0.2, 0) is 20.7 Å². The van der Waals surface area contributed by atoms with Gasteiger partial charge in [0.05, 0.1) is 25.3 Å². The van der Waals surface area contributed by atoms with Crippen LogP contribution in [0, 0.1) is 40.5 Å². The summed E-state index contributed by atoms with van der Waals surface area (Å²) in [5.41, 5.74) is 12.6. The number of hydrogen-bond acceptors (Lipinski definition) is 10. The first-order valence-corrected chi connectivity index (χ1v) is 37.8. The molecule has 0 saturated carbocycles. The Hall–Kier alpha value is -5.84. The minimum Gasteiger partial charge on any atom is -0.465 e. The Bertz CT molecular complexity index is 4450. The van der Waals surface area contributed by atoms with Gasteiger partial charge in [0, 0.05) is 82.9 Å². The maximum absolute atomic E-state index is 13.0. The molecule has 13 aromatic rings. The van der Waals surface area contributed by atoms with E-state index in [0.717, 1.165) is 139 Å². The zero-order chi connectivity index (χ0) is 68.8. The molecular weight excluding hydrogens is 1600 g/mol. The van der Waals surface area contributed by atoms with Crippen molar-refractivity contribution in [2.45, 2.75) is 66.6 Å². The molecule has 0 radical (unpaired) electrons. The predicted octanol–water partition coefficient (Wildman–Crippen LogP) is 22.4. The molecule has 6 nitrogen and oxygen atoms in total. The molecule has 0 amide bonds. The van der Waals surface area contributed by atoms with Crippen LogP contribution in [-0.4, -0.2) is 36.4 Å². The molecule has 2 N–H and O–H groups in total. The molecule has 0 fully saturated rings. The number of rotatable bonds is 12. The van der Waals surface area contributed by atoms with Crippen molar-refractivity contribution in [3.63, 3.8) is 0 Å². The summed E-state index contributed by atoms with van der Waals surface area (Å²) in [7, 11) is 2.76. The van der Waals surface area contributed by atoms with Gasteiger partial charge in [-0.25, -0.2) is 9.59 Å². The summed E-state index contributed by atoms with van der Waals surface area (Å²) in [5, 5.41) is 26.0. The molecule has 0 spiro atoms. The number of aryl methyl sites for hydroxylation is 5. The van der Waals surface area contributed by atoms with E-state index < -0.39 is 11.2 Å². The number of fused-ring (bicyclic) bond motifs is 2. The molecule has 0 aliphatic carbocycles. The average Bonchev–Trinajstić information content (AvgIpc) is 1.69. The Morgan fingerprint density at radius 3 is 0.804 bits per heavy atom. The summed E-state index contributed by atoms with van der Waals surface area (Å²) in [5.74, 6) is 0.669. The number of carbonyl (C=O) groups is 2. The van der Waals surface area contributed by atoms with Crippen molar-refractivity contribution in [1.29, 1.82) is 0 Å². The van der Waals surface area contributed by atoms with Gasteiger partial charge in [0.25, 0.3) is 0 Å². The monoisotopic (exact) mass is 1670 g/mol. The molecule has 4 heterocycles. The summed E-state index contributed by atoms with van der Waals surface area (Å²) in [6.45, 7) is 16.6. The van der Waals surface area contributed by atoms with Crippen molar-refractivity contribution < 1.29 is 48.1 Å². The number of methoxy groups -OCH3 is 2. The first-order valence-electron chi connectivity index (χ1n) is 30.5. The Labute approximate surface area is 638 Å². The molecule has 0 aliphatic rings. The third kappa shape index (κ3) is 17.5. The summed E-state index contributed by atoms with van der Waals surface area (Å²) in [6, 6.07) is 73.2. The Morgan fingerprint density at radius 2 is 0.557 bits per heavy atom. The van der Waals surface area contributed by atoms with Gasteiger partial charge in [-0.15, -0.1) is 45.3 Å². The van der Waals surface area contributed by atoms with Crippen LogP contribution in [0.1, 0.15) is 103 Å². The van der Waals surface area contributed by atoms with E-state index in [-0.39, 0.29) is 30.8 Å². The van der Waals surface area contributed by atoms with E-state index in [1.54, 1.807) is 57.5 Å². The first-order chi connectivity index (χ1) is 45.9. The third-order valence-corrected chi connectivity index (χ3v) is 23.1. The largest absolute Gasteiger partial charge is 1.00 e. The zero-order valence-corrected chi connectivity index (χ0v) is 66.5. The average molecular weight is 1670 g/mol. The normalized spacial score (nSPS) is 11.2. The van der Waals surface area contributed by atoms with Gasteiger partial charge in [-0.3, -0.25) is 0 Å². The number of ether oxygens (including phenoxy) is 2. The summed E-state index contributed by atoms with van der Waals surface area (Å²) in [6.07, 6.45) is 0. The smallest absolute Gasteiger partial charge is 0.465 e. The first kappa shape index (κ1) is 75.4. The van der Waals surface area contributed by atoms with Crippen molar-refractivity contribution in [2.24, 2.45) is 0 Å². The van der Waals surface area contributed by atoms with Crippen molar-refractivity contribution in [3.05, 3.63) is 319 Å². The van der Waals surface area contributed by atoms with E-state index in [2.05, 4.69) is 244 Å². The number of esters is 2. The minimum absolute atomic E-state index is 0. The van der Waals surface area contributed by atoms with Crippen LogP contribution in [0.25, 0.3) is 60.6 Å². The molecule has 488 valence electrons. The maximum atomic E-state index is 13.0. The van der Waals surface area contributed by atoms with Gasteiger partial charge in [-0.2, -0.15) is 20.8 Å². The summed E-state index contributed by atoms with van der Waals surface area (Å²) >= 11 is 24.3. The van der Waals surface area contributed by atoms with Gasteiger partial charge in [0.2, 0.25) is 0 Å². The number of halogens is 5. The van der Waals surface area contributed by atoms with Crippen LogP contribution in [0.2, 0.25) is 0 Å². The van der Waals surface area contributed by atoms with Gasteiger partial charge in [0.1, 0.15) is 11.2 Å². The number of hydrogen-bond donors (Lipinski definition) is 2. The fourth-order valence-corrected chi connectivity index (χ4v) is 17.6. The number of thiophene rings is 4. The second-order valence-corrected chi connectivity index (χ2v) is 32.7. The van der Waals surface area contributed by atoms with E-state index >= 15 is 0 Å². The molecule has 0 atom stereocenters. The van der Waals surface area contributed by atoms with Gasteiger partial charge in [0.15, 0.2) is 0 Å². The molecule has 9 aromatic carbocycles. The second kappa shape index (κ2) is 33.1. The van der Waals surface area contributed by atoms with Crippen LogP contribution >= 0.6 is 125 Å². The molecule has 0 bridgehead atoms. The van der Waals surface area contributed by atoms with Crippen LogP contribution in [0.4, 0.5) is 0 Å². The molecule has 0 unspecified atom stereocenters. The minimum atomic E-state index is -1.40. The predicted molar refractivity (Wildman–Crippen MR) is 423 cm³/mol. The van der Waals surface area contributed by atoms with E-state index in [9.17, 15) is 19.8 Å². The van der Waals surface area contributed by atoms with Crippen LogP contribution in [0.15, 0.2) is 241 Å². The second-order valence-electron chi connectivity index (χ2n) is 23.8. The van der Waals surface area contributed by atoms with Gasteiger partial charge >= 0.3 is 30.8 Å². The van der Waals surface area contributed by atoms with Crippen LogP contribution < -0.4 is 18.9 Å². The fourth-order valence-electron chi connectivity index (χ4n) is 11.0. The molecule has 16 heteroatoms. The molecule has 0 saturated heterocycles. The van der Waals surface area contributed by atoms with E-state index in [1.165, 1.54) is 25.7 Å². The van der Waals surface area contributed by atoms with Crippen molar-refractivity contribution in [3.8, 4) is 41.8 Å². The van der Waals surface area contributed by atoms with Crippen LogP contribution in [0.5, 0.6) is 0 Å². The SMILES string of the molecule is COC(=O)c1cc(Br)ccc1-c1cc2sc(-c3ccc(Br)cc3C(=O)OC)cc2s1.C[C-](C)C.Cc1ccc(Br)cc1.Cc1ccc(C(O)(c2ccc(C)cc2)c2cc(Br)ccc2-c2cc3sc(-c4ccc(Br)cc4C(O)(c4ccc(C)cc4)c4ccc(C)cc4)cc3s2)cc1.[Li+]. The third-order valence-electron chi connectivity index (χ3n) is 15.9. The molecule has 0 aliphatic heterocycles. The zero-order valence-electron chi connectivity index (χ0n) is 55.3. The van der Waals surface area contributed by atoms with E-state index in [0.29, 0.717) is 11.1 Å². The topological polar surface area (TPSA) is 93.1 Å². The molecule has 13 rings (SSSR count). The summed E-state index contributed by atoms with van der Waals surface area (Å²) in [4.78, 5) is 28.6. The van der Waals surface area contributed by atoms with Crippen molar-refractivity contribution in [2.75, 3.05) is 14.2 Å². The van der Waals surface area contributed by atoms with Crippen LogP contribution in [0.3, 0.4) is 0 Å². The Morgan fingerprint density at radius 1 is 0.340 bits per heavy atom. The van der Waals surface area contributed by atoms with E-state index in [1.807, 2.05) is 97.1 Å². The number of benzene rings is 9. The standard InChI is InChI=1S/C48H38Br2O2S2.C22H14Br2O4S2.C7H7Br.C4H9.Li/c1-29-5-13-33(14-6-29)47(51,34-15-7-30(2)8-16-34)41-25-37(49)21-23-39(41)43-27-45-46(53-43)28-44(54-45)40-24-22-38(50)26-42(40)48(52,35-17-9-31(3)10-18-35)36-19-11-32(4)12-20-36;1-27-21(25)15-7-11(23)3-5-13(15)17-9-19-20(29-17)10-18(30-19)14-6-4-12(24)8-16(14)22(26)28-2;1-6-2-4-7(8)5-3-6;1-4(2)3;/h5-28,51-52H,1-4H3;3-10H,1-2H3;2-5H,1H3;1-3H3;/q;;;-1;+1. The van der Waals surface area contributed by atoms with Crippen molar-refractivity contribution >= 4 is 156 Å². The molecule has 4 aromatic heterocycles. The van der Waals surface area contributed by atoms with Gasteiger partial charge < -0.3 is 25.6 Å².